The van der Waals surface area contributed by atoms with Crippen LogP contribution in [0.25, 0.3) is 6.08 Å². The Balaban J connectivity index is 3.60. The Bertz CT molecular complexity index is 396. The molecule has 0 atom stereocenters. The monoisotopic (exact) mass is 234 g/mol. The third-order valence-corrected chi connectivity index (χ3v) is 4.07. The van der Waals surface area contributed by atoms with Gasteiger partial charge in [-0.25, -0.2) is 0 Å². The quantitative estimate of drug-likeness (QED) is 0.642. The molecule has 1 aromatic carbocycles. The van der Waals surface area contributed by atoms with Gasteiger partial charge in [-0.2, -0.15) is 0 Å². The number of hydrogen-bond acceptors (Lipinski definition) is 0. The van der Waals surface area contributed by atoms with E-state index in [1.165, 1.54) is 53.9 Å². The maximum atomic E-state index is 2.42. The average molecular weight is 234 g/mol. The molecule has 0 unspecified atom stereocenters. The summed E-state index contributed by atoms with van der Waals surface area (Å²) in [5.41, 5.74) is 8.82. The minimum atomic E-state index is 1.22. The van der Waals surface area contributed by atoms with Crippen molar-refractivity contribution in [2.75, 3.05) is 0 Å². The fourth-order valence-corrected chi connectivity index (χ4v) is 2.61. The molecule has 0 aliphatic carbocycles. The van der Waals surface area contributed by atoms with E-state index in [2.05, 4.69) is 40.7 Å². The summed E-state index contributed by atoms with van der Waals surface area (Å²) in [6.07, 6.45) is 2.42. The zero-order valence-electron chi connectivity index (χ0n) is 11.1. The van der Waals surface area contributed by atoms with Crippen molar-refractivity contribution >= 4 is 26.6 Å². The summed E-state index contributed by atoms with van der Waals surface area (Å²) in [6, 6.07) is 0. The van der Waals surface area contributed by atoms with Crippen molar-refractivity contribution in [3.63, 3.8) is 0 Å². The Hall–Kier alpha value is -0.606. The van der Waals surface area contributed by atoms with Gasteiger partial charge in [0.25, 0.3) is 0 Å². The van der Waals surface area contributed by atoms with Crippen LogP contribution in [0.15, 0.2) is 4.82 Å². The molecule has 0 aliphatic heterocycles. The lowest BCUT2D eigenvalue weighted by atomic mass is 9.90. The van der Waals surface area contributed by atoms with E-state index < -0.39 is 0 Å². The highest BCUT2D eigenvalue weighted by atomic mass is 28.2. The predicted octanol–water partition coefficient (Wildman–Crippen LogP) is 1.26. The molecular weight excluding hydrogens is 212 g/mol. The summed E-state index contributed by atoms with van der Waals surface area (Å²) < 4.78 is 0. The van der Waals surface area contributed by atoms with E-state index in [4.69, 9.17) is 0 Å². The lowest BCUT2D eigenvalue weighted by Crippen LogP contribution is -1.99. The molecule has 1 aromatic rings. The molecule has 0 aromatic heterocycles. The fraction of sp³-hybridized carbons (Fsp3) is 0.385. The van der Waals surface area contributed by atoms with Crippen LogP contribution in [0.2, 0.25) is 0 Å². The summed E-state index contributed by atoms with van der Waals surface area (Å²) in [5, 5.41) is 0. The van der Waals surface area contributed by atoms with E-state index in [1.807, 2.05) is 0 Å². The first-order chi connectivity index (χ1) is 6.86. The molecule has 2 heteroatoms. The van der Waals surface area contributed by atoms with Crippen LogP contribution in [0, 0.1) is 34.6 Å². The molecule has 0 heterocycles. The SMILES string of the molecule is Cc1c(C)c(C)c(C=C([SiH3])[SiH3])c(C)c1C. The molecule has 15 heavy (non-hydrogen) atoms. The first kappa shape index (κ1) is 12.5. The Labute approximate surface area is 99.6 Å². The van der Waals surface area contributed by atoms with Gasteiger partial charge in [0.1, 0.15) is 0 Å². The van der Waals surface area contributed by atoms with Crippen LogP contribution in [0.5, 0.6) is 0 Å². The summed E-state index contributed by atoms with van der Waals surface area (Å²) in [5.74, 6) is 0. The van der Waals surface area contributed by atoms with Gasteiger partial charge in [-0.3, -0.25) is 0 Å². The van der Waals surface area contributed by atoms with Crippen molar-refractivity contribution in [2.24, 2.45) is 0 Å². The lowest BCUT2D eigenvalue weighted by Gasteiger charge is -2.16. The summed E-state index contributed by atoms with van der Waals surface area (Å²) >= 11 is 0. The first-order valence-electron chi connectivity index (χ1n) is 5.58. The first-order valence-corrected chi connectivity index (χ1v) is 7.58. The van der Waals surface area contributed by atoms with Crippen LogP contribution in [-0.4, -0.2) is 20.5 Å². The molecule has 0 saturated heterocycles. The molecule has 0 aliphatic rings. The number of hydrogen-bond donors (Lipinski definition) is 0. The lowest BCUT2D eigenvalue weighted by molar-refractivity contribution is 1.16. The second kappa shape index (κ2) is 4.50. The normalized spacial score (nSPS) is 10.7. The Kier molecular flexibility index (Phi) is 3.73. The van der Waals surface area contributed by atoms with Gasteiger partial charge in [-0.15, -0.1) is 4.82 Å². The Morgan fingerprint density at radius 3 is 1.40 bits per heavy atom. The number of benzene rings is 1. The molecule has 1 rings (SSSR count). The van der Waals surface area contributed by atoms with E-state index in [9.17, 15) is 0 Å². The molecule has 0 nitrogen and oxygen atoms in total. The van der Waals surface area contributed by atoms with E-state index in [0.717, 1.165) is 0 Å². The van der Waals surface area contributed by atoms with E-state index in [0.29, 0.717) is 0 Å². The van der Waals surface area contributed by atoms with E-state index >= 15 is 0 Å². The van der Waals surface area contributed by atoms with Gasteiger partial charge >= 0.3 is 0 Å². The van der Waals surface area contributed by atoms with Gasteiger partial charge in [0.15, 0.2) is 0 Å². The molecule has 0 amide bonds. The topological polar surface area (TPSA) is 0 Å². The second-order valence-corrected chi connectivity index (χ2v) is 9.92. The van der Waals surface area contributed by atoms with Crippen molar-refractivity contribution < 1.29 is 0 Å². The van der Waals surface area contributed by atoms with Gasteiger partial charge in [-0.1, -0.05) is 6.08 Å². The van der Waals surface area contributed by atoms with Gasteiger partial charge in [0, 0.05) is 20.5 Å². The average Bonchev–Trinajstić information content (AvgIpc) is 2.18. The zero-order valence-corrected chi connectivity index (χ0v) is 15.1. The van der Waals surface area contributed by atoms with Gasteiger partial charge in [0.05, 0.1) is 0 Å². The minimum Gasteiger partial charge on any atom is -0.110 e. The highest BCUT2D eigenvalue weighted by molar-refractivity contribution is 6.50. The van der Waals surface area contributed by atoms with Crippen molar-refractivity contribution in [3.05, 3.63) is 38.2 Å². The molecule has 0 fully saturated rings. The van der Waals surface area contributed by atoms with Crippen LogP contribution in [0.1, 0.15) is 33.4 Å². The van der Waals surface area contributed by atoms with Gasteiger partial charge in [0.2, 0.25) is 0 Å². The van der Waals surface area contributed by atoms with E-state index in [-0.39, 0.29) is 0 Å². The van der Waals surface area contributed by atoms with E-state index in [1.54, 1.807) is 4.82 Å². The van der Waals surface area contributed by atoms with Gasteiger partial charge in [-0.05, 0) is 68.0 Å². The standard InChI is InChI=1S/C13H22Si2/c1-7-8(2)10(4)12(6-13(14)15)11(5)9(7)3/h6H,1-5,14-15H3. The predicted molar refractivity (Wildman–Crippen MR) is 78.0 cm³/mol. The molecule has 0 saturated carbocycles. The molecular formula is C13H22Si2. The van der Waals surface area contributed by atoms with Gasteiger partial charge < -0.3 is 0 Å². The maximum absolute atomic E-state index is 2.42. The smallest absolute Gasteiger partial charge is 0.0272 e. The molecule has 0 radical (unpaired) electrons. The Morgan fingerprint density at radius 2 is 1.07 bits per heavy atom. The molecule has 0 N–H and O–H groups in total. The van der Waals surface area contributed by atoms with Crippen molar-refractivity contribution in [3.8, 4) is 0 Å². The summed E-state index contributed by atoms with van der Waals surface area (Å²) in [4.78, 5) is 1.64. The Morgan fingerprint density at radius 1 is 0.733 bits per heavy atom. The summed E-state index contributed by atoms with van der Waals surface area (Å²) in [6.45, 7) is 11.2. The summed E-state index contributed by atoms with van der Waals surface area (Å²) in [7, 11) is 2.43. The molecule has 0 spiro atoms. The third kappa shape index (κ3) is 2.32. The highest BCUT2D eigenvalue weighted by Crippen LogP contribution is 2.27. The van der Waals surface area contributed by atoms with Crippen molar-refractivity contribution in [1.82, 2.24) is 0 Å². The number of rotatable bonds is 1. The van der Waals surface area contributed by atoms with Crippen LogP contribution < -0.4 is 0 Å². The van der Waals surface area contributed by atoms with Crippen LogP contribution in [0.4, 0.5) is 0 Å². The van der Waals surface area contributed by atoms with Crippen LogP contribution >= 0.6 is 0 Å². The van der Waals surface area contributed by atoms with Crippen molar-refractivity contribution in [1.29, 1.82) is 0 Å². The largest absolute Gasteiger partial charge is 0.110 e. The molecule has 82 valence electrons. The van der Waals surface area contributed by atoms with Crippen molar-refractivity contribution in [2.45, 2.75) is 34.6 Å². The minimum absolute atomic E-state index is 1.22. The zero-order chi connectivity index (χ0) is 11.7. The maximum Gasteiger partial charge on any atom is 0.0272 e. The molecule has 0 bridgehead atoms. The van der Waals surface area contributed by atoms with Crippen LogP contribution in [-0.2, 0) is 0 Å². The fourth-order valence-electron chi connectivity index (χ4n) is 2.03. The third-order valence-electron chi connectivity index (χ3n) is 3.49. The second-order valence-electron chi connectivity index (χ2n) is 4.76. The van der Waals surface area contributed by atoms with Crippen LogP contribution in [0.3, 0.4) is 0 Å². The highest BCUT2D eigenvalue weighted by Gasteiger charge is 2.09.